The number of benzene rings is 1. The molecule has 5 N–H and O–H groups in total. The molecule has 0 radical (unpaired) electrons. The summed E-state index contributed by atoms with van der Waals surface area (Å²) in [6, 6.07) is 2.42. The first-order chi connectivity index (χ1) is 8.15. The number of halogens is 1. The van der Waals surface area contributed by atoms with Gasteiger partial charge in [-0.15, -0.1) is 0 Å². The highest BCUT2D eigenvalue weighted by molar-refractivity contribution is 5.99. The van der Waals surface area contributed by atoms with Gasteiger partial charge in [0.05, 0.1) is 0 Å². The zero-order valence-electron chi connectivity index (χ0n) is 10.5. The third-order valence-corrected chi connectivity index (χ3v) is 2.69. The average molecular weight is 253 g/mol. The Bertz CT molecular complexity index is 489. The van der Waals surface area contributed by atoms with Gasteiger partial charge in [0.1, 0.15) is 11.4 Å². The Balaban J connectivity index is 3.03. The zero-order valence-corrected chi connectivity index (χ0v) is 10.5. The lowest BCUT2D eigenvalue weighted by atomic mass is 10.0. The fourth-order valence-electron chi connectivity index (χ4n) is 1.25. The number of anilines is 1. The van der Waals surface area contributed by atoms with E-state index in [0.29, 0.717) is 0 Å². The molecule has 18 heavy (non-hydrogen) atoms. The molecule has 1 aromatic rings. The molecule has 0 fully saturated rings. The lowest BCUT2D eigenvalue weighted by Crippen LogP contribution is -2.53. The van der Waals surface area contributed by atoms with Gasteiger partial charge in [0.25, 0.3) is 5.91 Å². The molecule has 0 saturated heterocycles. The maximum Gasteiger partial charge on any atom is 0.252 e. The van der Waals surface area contributed by atoms with E-state index in [2.05, 4.69) is 5.32 Å². The summed E-state index contributed by atoms with van der Waals surface area (Å²) < 4.78 is 13.4. The van der Waals surface area contributed by atoms with E-state index in [9.17, 15) is 14.0 Å². The first kappa shape index (κ1) is 14.0. The van der Waals surface area contributed by atoms with Crippen LogP contribution in [0.4, 0.5) is 10.1 Å². The van der Waals surface area contributed by atoms with Gasteiger partial charge in [-0.1, -0.05) is 0 Å². The Kier molecular flexibility index (Phi) is 3.59. The van der Waals surface area contributed by atoms with Crippen LogP contribution in [-0.2, 0) is 4.79 Å². The Labute approximate surface area is 104 Å². The van der Waals surface area contributed by atoms with E-state index in [1.807, 2.05) is 0 Å². The standard InChI is InChI=1S/C12H16FN3O2/c1-6-8(13)4-7(5-9(6)14)10(17)16-12(2,3)11(15)18/h4-5H,14H2,1-3H3,(H2,15,18)(H,16,17). The predicted octanol–water partition coefficient (Wildman–Crippen LogP) is 0.710. The van der Waals surface area contributed by atoms with Gasteiger partial charge in [-0.3, -0.25) is 9.59 Å². The smallest absolute Gasteiger partial charge is 0.252 e. The molecule has 0 heterocycles. The first-order valence-corrected chi connectivity index (χ1v) is 5.33. The monoisotopic (exact) mass is 253 g/mol. The molecule has 0 bridgehead atoms. The van der Waals surface area contributed by atoms with Crippen LogP contribution in [0.2, 0.25) is 0 Å². The highest BCUT2D eigenvalue weighted by Gasteiger charge is 2.27. The van der Waals surface area contributed by atoms with Crippen LogP contribution in [0.15, 0.2) is 12.1 Å². The number of primary amides is 1. The third kappa shape index (κ3) is 2.77. The van der Waals surface area contributed by atoms with Gasteiger partial charge >= 0.3 is 0 Å². The molecule has 98 valence electrons. The molecule has 0 saturated carbocycles. The minimum atomic E-state index is -1.22. The summed E-state index contributed by atoms with van der Waals surface area (Å²) >= 11 is 0. The number of hydrogen-bond donors (Lipinski definition) is 3. The number of nitrogens with one attached hydrogen (secondary N) is 1. The topological polar surface area (TPSA) is 98.2 Å². The summed E-state index contributed by atoms with van der Waals surface area (Å²) in [4.78, 5) is 22.9. The van der Waals surface area contributed by atoms with Crippen molar-refractivity contribution in [2.75, 3.05) is 5.73 Å². The second-order valence-corrected chi connectivity index (χ2v) is 4.62. The van der Waals surface area contributed by atoms with E-state index >= 15 is 0 Å². The molecule has 0 aliphatic carbocycles. The number of carbonyl (C=O) groups is 2. The number of nitrogens with two attached hydrogens (primary N) is 2. The lowest BCUT2D eigenvalue weighted by Gasteiger charge is -2.22. The van der Waals surface area contributed by atoms with Crippen molar-refractivity contribution in [3.05, 3.63) is 29.1 Å². The number of hydrogen-bond acceptors (Lipinski definition) is 3. The highest BCUT2D eigenvalue weighted by Crippen LogP contribution is 2.18. The van der Waals surface area contributed by atoms with E-state index in [0.717, 1.165) is 6.07 Å². The molecular formula is C12H16FN3O2. The van der Waals surface area contributed by atoms with Gasteiger partial charge in [0.15, 0.2) is 0 Å². The highest BCUT2D eigenvalue weighted by atomic mass is 19.1. The van der Waals surface area contributed by atoms with Crippen molar-refractivity contribution < 1.29 is 14.0 Å². The van der Waals surface area contributed by atoms with Gasteiger partial charge in [0, 0.05) is 16.8 Å². The van der Waals surface area contributed by atoms with Crippen molar-refractivity contribution >= 4 is 17.5 Å². The van der Waals surface area contributed by atoms with Gasteiger partial charge in [0.2, 0.25) is 5.91 Å². The first-order valence-electron chi connectivity index (χ1n) is 5.33. The SMILES string of the molecule is Cc1c(N)cc(C(=O)NC(C)(C)C(N)=O)cc1F. The Morgan fingerprint density at radius 3 is 2.33 bits per heavy atom. The van der Waals surface area contributed by atoms with E-state index in [-0.39, 0.29) is 16.8 Å². The molecule has 6 heteroatoms. The third-order valence-electron chi connectivity index (χ3n) is 2.69. The Hall–Kier alpha value is -2.11. The van der Waals surface area contributed by atoms with Crippen LogP contribution in [0.3, 0.4) is 0 Å². The van der Waals surface area contributed by atoms with E-state index in [1.54, 1.807) is 0 Å². The molecule has 0 aliphatic heterocycles. The molecular weight excluding hydrogens is 237 g/mol. The van der Waals surface area contributed by atoms with Gasteiger partial charge < -0.3 is 16.8 Å². The molecule has 0 aromatic heterocycles. The van der Waals surface area contributed by atoms with Crippen molar-refractivity contribution in [1.29, 1.82) is 0 Å². The van der Waals surface area contributed by atoms with Crippen LogP contribution in [0.25, 0.3) is 0 Å². The molecule has 0 spiro atoms. The zero-order chi connectivity index (χ0) is 14.1. The van der Waals surface area contributed by atoms with Crippen molar-refractivity contribution in [2.45, 2.75) is 26.3 Å². The van der Waals surface area contributed by atoms with Crippen LogP contribution >= 0.6 is 0 Å². The maximum absolute atomic E-state index is 13.4. The summed E-state index contributed by atoms with van der Waals surface area (Å²) in [5.74, 6) is -1.86. The number of carbonyl (C=O) groups excluding carboxylic acids is 2. The fourth-order valence-corrected chi connectivity index (χ4v) is 1.25. The molecule has 2 amide bonds. The molecule has 0 aliphatic rings. The van der Waals surface area contributed by atoms with Gasteiger partial charge in [-0.25, -0.2) is 4.39 Å². The molecule has 0 unspecified atom stereocenters. The normalized spacial score (nSPS) is 11.1. The van der Waals surface area contributed by atoms with Crippen LogP contribution < -0.4 is 16.8 Å². The van der Waals surface area contributed by atoms with Crippen molar-refractivity contribution in [3.63, 3.8) is 0 Å². The van der Waals surface area contributed by atoms with Crippen LogP contribution in [0.5, 0.6) is 0 Å². The van der Waals surface area contributed by atoms with Crippen molar-refractivity contribution in [1.82, 2.24) is 5.32 Å². The van der Waals surface area contributed by atoms with Crippen molar-refractivity contribution in [2.24, 2.45) is 5.73 Å². The maximum atomic E-state index is 13.4. The number of rotatable bonds is 3. The van der Waals surface area contributed by atoms with Gasteiger partial charge in [-0.05, 0) is 32.9 Å². The van der Waals surface area contributed by atoms with Crippen LogP contribution in [0.1, 0.15) is 29.8 Å². The molecule has 1 rings (SSSR count). The van der Waals surface area contributed by atoms with E-state index in [1.165, 1.54) is 26.8 Å². The molecule has 0 atom stereocenters. The van der Waals surface area contributed by atoms with E-state index < -0.39 is 23.2 Å². The predicted molar refractivity (Wildman–Crippen MR) is 66.3 cm³/mol. The van der Waals surface area contributed by atoms with Crippen molar-refractivity contribution in [3.8, 4) is 0 Å². The van der Waals surface area contributed by atoms with E-state index in [4.69, 9.17) is 11.5 Å². The summed E-state index contributed by atoms with van der Waals surface area (Å²) in [5.41, 5.74) is 9.99. The minimum Gasteiger partial charge on any atom is -0.398 e. The largest absolute Gasteiger partial charge is 0.398 e. The van der Waals surface area contributed by atoms with Crippen LogP contribution in [-0.4, -0.2) is 17.4 Å². The lowest BCUT2D eigenvalue weighted by molar-refractivity contribution is -0.122. The average Bonchev–Trinajstić information content (AvgIpc) is 2.24. The van der Waals surface area contributed by atoms with Gasteiger partial charge in [-0.2, -0.15) is 0 Å². The molecule has 1 aromatic carbocycles. The van der Waals surface area contributed by atoms with Crippen LogP contribution in [0, 0.1) is 12.7 Å². The quantitative estimate of drug-likeness (QED) is 0.692. The number of amides is 2. The Morgan fingerprint density at radius 2 is 1.89 bits per heavy atom. The second kappa shape index (κ2) is 4.64. The summed E-state index contributed by atoms with van der Waals surface area (Å²) in [7, 11) is 0. The molecule has 5 nitrogen and oxygen atoms in total. The second-order valence-electron chi connectivity index (χ2n) is 4.62. The summed E-state index contributed by atoms with van der Waals surface area (Å²) in [6.07, 6.45) is 0. The number of nitrogen functional groups attached to an aromatic ring is 1. The fraction of sp³-hybridized carbons (Fsp3) is 0.333. The Morgan fingerprint density at radius 1 is 1.33 bits per heavy atom. The minimum absolute atomic E-state index is 0.0462. The summed E-state index contributed by atoms with van der Waals surface area (Å²) in [5, 5.41) is 2.41. The summed E-state index contributed by atoms with van der Waals surface area (Å²) in [6.45, 7) is 4.43.